The second-order valence-corrected chi connectivity index (χ2v) is 5.93. The van der Waals surface area contributed by atoms with Gasteiger partial charge in [-0.15, -0.1) is 5.10 Å². The smallest absolute Gasteiger partial charge is 0.242 e. The molecule has 2 N–H and O–H groups in total. The van der Waals surface area contributed by atoms with Crippen molar-refractivity contribution in [3.63, 3.8) is 0 Å². The molecule has 0 bridgehead atoms. The average molecular weight is 304 g/mol. The van der Waals surface area contributed by atoms with Gasteiger partial charge in [0, 0.05) is 36.3 Å². The minimum absolute atomic E-state index is 0.00422. The molecule has 2 heterocycles. The van der Waals surface area contributed by atoms with Crippen molar-refractivity contribution in [3.05, 3.63) is 24.3 Å². The zero-order valence-electron chi connectivity index (χ0n) is 11.6. The molecule has 0 radical (unpaired) electrons. The van der Waals surface area contributed by atoms with Gasteiger partial charge in [-0.3, -0.25) is 4.79 Å². The third-order valence-corrected chi connectivity index (χ3v) is 4.31. The van der Waals surface area contributed by atoms with Crippen LogP contribution in [0.3, 0.4) is 0 Å². The van der Waals surface area contributed by atoms with Crippen LogP contribution in [0.2, 0.25) is 0 Å². The van der Waals surface area contributed by atoms with Crippen molar-refractivity contribution < 1.29 is 4.79 Å². The Morgan fingerprint density at radius 1 is 1.52 bits per heavy atom. The highest BCUT2D eigenvalue weighted by atomic mass is 32.2. The van der Waals surface area contributed by atoms with E-state index in [-0.39, 0.29) is 11.9 Å². The lowest BCUT2D eigenvalue weighted by Gasteiger charge is -2.22. The molecule has 2 aromatic rings. The zero-order chi connectivity index (χ0) is 14.7. The number of aryl methyl sites for hydroxylation is 1. The van der Waals surface area contributed by atoms with Crippen molar-refractivity contribution in [2.45, 2.75) is 6.04 Å². The summed E-state index contributed by atoms with van der Waals surface area (Å²) >= 11 is 1.79. The summed E-state index contributed by atoms with van der Waals surface area (Å²) in [6.45, 7) is 0.868. The van der Waals surface area contributed by atoms with Gasteiger partial charge in [-0.05, 0) is 22.6 Å². The number of benzene rings is 1. The Hall–Kier alpha value is -1.93. The summed E-state index contributed by atoms with van der Waals surface area (Å²) in [5, 5.41) is 17.6. The molecule has 1 aliphatic rings. The van der Waals surface area contributed by atoms with Gasteiger partial charge in [0.1, 0.15) is 0 Å². The summed E-state index contributed by atoms with van der Waals surface area (Å²) in [5.74, 6) is 2.52. The van der Waals surface area contributed by atoms with Crippen LogP contribution in [-0.2, 0) is 11.8 Å². The van der Waals surface area contributed by atoms with Crippen LogP contribution in [0.25, 0.3) is 11.4 Å². The summed E-state index contributed by atoms with van der Waals surface area (Å²) < 4.78 is 1.60. The van der Waals surface area contributed by atoms with E-state index >= 15 is 0 Å². The van der Waals surface area contributed by atoms with Crippen molar-refractivity contribution in [2.24, 2.45) is 7.05 Å². The third kappa shape index (κ3) is 3.22. The maximum Gasteiger partial charge on any atom is 0.242 e. The van der Waals surface area contributed by atoms with Gasteiger partial charge in [-0.2, -0.15) is 11.8 Å². The summed E-state index contributed by atoms with van der Waals surface area (Å²) in [7, 11) is 1.78. The van der Waals surface area contributed by atoms with E-state index in [1.165, 1.54) is 0 Å². The van der Waals surface area contributed by atoms with Crippen LogP contribution >= 0.6 is 11.8 Å². The van der Waals surface area contributed by atoms with Crippen LogP contribution in [0, 0.1) is 0 Å². The molecule has 1 saturated heterocycles. The number of hydrogen-bond donors (Lipinski definition) is 2. The van der Waals surface area contributed by atoms with E-state index in [0.717, 1.165) is 29.3 Å². The topological polar surface area (TPSA) is 84.7 Å². The summed E-state index contributed by atoms with van der Waals surface area (Å²) in [6, 6.07) is 7.39. The molecule has 3 rings (SSSR count). The van der Waals surface area contributed by atoms with Crippen LogP contribution in [0.4, 0.5) is 5.69 Å². The Bertz CT molecular complexity index is 637. The van der Waals surface area contributed by atoms with E-state index < -0.39 is 0 Å². The SMILES string of the molecule is Cn1nnnc1-c1cccc(NC(=O)C2CSCCN2)c1. The number of thioether (sulfide) groups is 1. The Balaban J connectivity index is 1.74. The summed E-state index contributed by atoms with van der Waals surface area (Å²) in [4.78, 5) is 12.2. The molecule has 0 spiro atoms. The molecule has 0 aliphatic carbocycles. The molecular formula is C13H16N6OS. The van der Waals surface area contributed by atoms with Gasteiger partial charge < -0.3 is 10.6 Å². The first-order chi connectivity index (χ1) is 10.2. The molecule has 1 fully saturated rings. The number of rotatable bonds is 3. The average Bonchev–Trinajstić information content (AvgIpc) is 2.94. The zero-order valence-corrected chi connectivity index (χ0v) is 12.4. The summed E-state index contributed by atoms with van der Waals surface area (Å²) in [6.07, 6.45) is 0. The fourth-order valence-corrected chi connectivity index (χ4v) is 3.11. The number of carbonyl (C=O) groups is 1. The molecule has 110 valence electrons. The molecule has 1 aromatic heterocycles. The second kappa shape index (κ2) is 6.23. The highest BCUT2D eigenvalue weighted by Crippen LogP contribution is 2.20. The number of amides is 1. The molecule has 1 aromatic carbocycles. The lowest BCUT2D eigenvalue weighted by Crippen LogP contribution is -2.46. The van der Waals surface area contributed by atoms with E-state index in [4.69, 9.17) is 0 Å². The first-order valence-corrected chi connectivity index (χ1v) is 7.84. The predicted octanol–water partition coefficient (Wildman–Crippen LogP) is 0.521. The van der Waals surface area contributed by atoms with Gasteiger partial charge >= 0.3 is 0 Å². The minimum Gasteiger partial charge on any atom is -0.325 e. The molecular weight excluding hydrogens is 288 g/mol. The Morgan fingerprint density at radius 3 is 3.14 bits per heavy atom. The number of aromatic nitrogens is 4. The van der Waals surface area contributed by atoms with Gasteiger partial charge in [0.05, 0.1) is 6.04 Å². The third-order valence-electron chi connectivity index (χ3n) is 3.25. The van der Waals surface area contributed by atoms with Crippen LogP contribution in [-0.4, -0.2) is 50.2 Å². The van der Waals surface area contributed by atoms with Crippen LogP contribution in [0.1, 0.15) is 0 Å². The molecule has 21 heavy (non-hydrogen) atoms. The van der Waals surface area contributed by atoms with Gasteiger partial charge in [-0.1, -0.05) is 12.1 Å². The summed E-state index contributed by atoms with van der Waals surface area (Å²) in [5.41, 5.74) is 1.61. The van der Waals surface area contributed by atoms with Gasteiger partial charge in [-0.25, -0.2) is 4.68 Å². The van der Waals surface area contributed by atoms with Crippen molar-refractivity contribution in [2.75, 3.05) is 23.4 Å². The van der Waals surface area contributed by atoms with Crippen molar-refractivity contribution in [3.8, 4) is 11.4 Å². The minimum atomic E-state index is -0.135. The Kier molecular flexibility index (Phi) is 4.16. The van der Waals surface area contributed by atoms with Crippen LogP contribution < -0.4 is 10.6 Å². The molecule has 1 unspecified atom stereocenters. The first-order valence-electron chi connectivity index (χ1n) is 6.69. The van der Waals surface area contributed by atoms with E-state index in [1.807, 2.05) is 24.3 Å². The van der Waals surface area contributed by atoms with Crippen molar-refractivity contribution in [1.82, 2.24) is 25.5 Å². The van der Waals surface area contributed by atoms with Crippen molar-refractivity contribution >= 4 is 23.4 Å². The second-order valence-electron chi connectivity index (χ2n) is 4.78. The number of nitrogens with one attached hydrogen (secondary N) is 2. The Morgan fingerprint density at radius 2 is 2.43 bits per heavy atom. The lowest BCUT2D eigenvalue weighted by molar-refractivity contribution is -0.117. The van der Waals surface area contributed by atoms with E-state index in [1.54, 1.807) is 23.5 Å². The van der Waals surface area contributed by atoms with Crippen LogP contribution in [0.15, 0.2) is 24.3 Å². The number of tetrazole rings is 1. The predicted molar refractivity (Wildman–Crippen MR) is 82.0 cm³/mol. The standard InChI is InChI=1S/C13H16N6OS/c1-19-12(16-17-18-19)9-3-2-4-10(7-9)15-13(20)11-8-21-6-5-14-11/h2-4,7,11,14H,5-6,8H2,1H3,(H,15,20). The highest BCUT2D eigenvalue weighted by Gasteiger charge is 2.21. The molecule has 7 nitrogen and oxygen atoms in total. The first kappa shape index (κ1) is 14.0. The van der Waals surface area contributed by atoms with Gasteiger partial charge in [0.15, 0.2) is 5.82 Å². The maximum atomic E-state index is 12.2. The Labute approximate surface area is 126 Å². The normalized spacial score (nSPS) is 18.4. The number of anilines is 1. The number of hydrogen-bond acceptors (Lipinski definition) is 6. The van der Waals surface area contributed by atoms with E-state index in [0.29, 0.717) is 5.82 Å². The molecule has 1 atom stereocenters. The van der Waals surface area contributed by atoms with Gasteiger partial charge in [0.2, 0.25) is 5.91 Å². The fraction of sp³-hybridized carbons (Fsp3) is 0.385. The quantitative estimate of drug-likeness (QED) is 0.860. The van der Waals surface area contributed by atoms with E-state index in [9.17, 15) is 4.79 Å². The van der Waals surface area contributed by atoms with Gasteiger partial charge in [0.25, 0.3) is 0 Å². The van der Waals surface area contributed by atoms with Crippen LogP contribution in [0.5, 0.6) is 0 Å². The monoisotopic (exact) mass is 304 g/mol. The largest absolute Gasteiger partial charge is 0.325 e. The number of nitrogens with zero attached hydrogens (tertiary/aromatic N) is 4. The van der Waals surface area contributed by atoms with Crippen molar-refractivity contribution in [1.29, 1.82) is 0 Å². The lowest BCUT2D eigenvalue weighted by atomic mass is 10.2. The molecule has 8 heteroatoms. The molecule has 1 amide bonds. The van der Waals surface area contributed by atoms with E-state index in [2.05, 4.69) is 26.2 Å². The fourth-order valence-electron chi connectivity index (χ4n) is 2.17. The molecule has 1 aliphatic heterocycles. The highest BCUT2D eigenvalue weighted by molar-refractivity contribution is 7.99. The number of carbonyl (C=O) groups excluding carboxylic acids is 1. The molecule has 0 saturated carbocycles. The maximum absolute atomic E-state index is 12.2.